The van der Waals surface area contributed by atoms with Crippen LogP contribution in [0.4, 0.5) is 22.0 Å². The van der Waals surface area contributed by atoms with Crippen molar-refractivity contribution in [2.24, 2.45) is 0 Å². The van der Waals surface area contributed by atoms with Crippen LogP contribution in [0.25, 0.3) is 0 Å². The van der Waals surface area contributed by atoms with Gasteiger partial charge >= 0.3 is 6.18 Å². The average Bonchev–Trinajstić information content (AvgIpc) is 3.43. The summed E-state index contributed by atoms with van der Waals surface area (Å²) in [6.07, 6.45) is -2.84. The summed E-state index contributed by atoms with van der Waals surface area (Å²) >= 11 is 0. The van der Waals surface area contributed by atoms with Crippen LogP contribution in [-0.2, 0) is 17.5 Å². The number of carbonyl (C=O) groups excluding carboxylic acids is 1. The molecule has 0 bridgehead atoms. The zero-order valence-corrected chi connectivity index (χ0v) is 14.1. The quantitative estimate of drug-likeness (QED) is 0.683. The van der Waals surface area contributed by atoms with Crippen LogP contribution < -0.4 is 4.74 Å². The van der Waals surface area contributed by atoms with Gasteiger partial charge in [-0.3, -0.25) is 4.79 Å². The molecule has 1 aliphatic rings. The van der Waals surface area contributed by atoms with Gasteiger partial charge < -0.3 is 9.64 Å². The highest BCUT2D eigenvalue weighted by molar-refractivity contribution is 5.78. The zero-order valence-electron chi connectivity index (χ0n) is 14.1. The van der Waals surface area contributed by atoms with Crippen LogP contribution in [0.3, 0.4) is 0 Å². The molecule has 27 heavy (non-hydrogen) atoms. The fourth-order valence-electron chi connectivity index (χ4n) is 2.62. The summed E-state index contributed by atoms with van der Waals surface area (Å²) in [5.41, 5.74) is -0.207. The molecule has 0 heterocycles. The van der Waals surface area contributed by atoms with Crippen LogP contribution in [0.2, 0.25) is 0 Å². The molecule has 0 spiro atoms. The van der Waals surface area contributed by atoms with Crippen molar-refractivity contribution in [3.8, 4) is 5.75 Å². The van der Waals surface area contributed by atoms with Crippen molar-refractivity contribution in [2.75, 3.05) is 6.61 Å². The molecular formula is C19H16F5NO2. The van der Waals surface area contributed by atoms with E-state index < -0.39 is 35.9 Å². The van der Waals surface area contributed by atoms with Crippen LogP contribution in [0.5, 0.6) is 5.75 Å². The highest BCUT2D eigenvalue weighted by Crippen LogP contribution is 2.31. The van der Waals surface area contributed by atoms with Gasteiger partial charge in [-0.05, 0) is 42.7 Å². The summed E-state index contributed by atoms with van der Waals surface area (Å²) < 4.78 is 69.5. The lowest BCUT2D eigenvalue weighted by Crippen LogP contribution is -2.36. The van der Waals surface area contributed by atoms with E-state index in [1.165, 1.54) is 17.0 Å². The highest BCUT2D eigenvalue weighted by atomic mass is 19.4. The molecule has 1 fully saturated rings. The summed E-state index contributed by atoms with van der Waals surface area (Å²) in [6.45, 7) is -0.309. The maximum Gasteiger partial charge on any atom is 0.416 e. The first-order chi connectivity index (χ1) is 12.7. The first-order valence-electron chi connectivity index (χ1n) is 8.27. The van der Waals surface area contributed by atoms with Crippen molar-refractivity contribution in [1.82, 2.24) is 4.90 Å². The van der Waals surface area contributed by atoms with Gasteiger partial charge in [0.15, 0.2) is 18.2 Å². The summed E-state index contributed by atoms with van der Waals surface area (Å²) in [4.78, 5) is 13.9. The molecule has 3 rings (SSSR count). The van der Waals surface area contributed by atoms with E-state index in [1.807, 2.05) is 0 Å². The molecule has 0 radical (unpaired) electrons. The Morgan fingerprint density at radius 3 is 2.30 bits per heavy atom. The number of rotatable bonds is 6. The lowest BCUT2D eigenvalue weighted by atomic mass is 10.1. The normalized spacial score (nSPS) is 14.1. The van der Waals surface area contributed by atoms with E-state index in [0.717, 1.165) is 37.1 Å². The Labute approximate surface area is 152 Å². The van der Waals surface area contributed by atoms with Crippen molar-refractivity contribution in [3.05, 3.63) is 65.2 Å². The molecule has 3 nitrogen and oxygen atoms in total. The molecule has 1 saturated carbocycles. The predicted octanol–water partition coefficient (Wildman–Crippen LogP) is 4.55. The van der Waals surface area contributed by atoms with Gasteiger partial charge in [-0.1, -0.05) is 12.1 Å². The third-order valence-electron chi connectivity index (χ3n) is 4.19. The van der Waals surface area contributed by atoms with Crippen molar-refractivity contribution in [3.63, 3.8) is 0 Å². The molecule has 1 amide bonds. The Balaban J connectivity index is 1.64. The van der Waals surface area contributed by atoms with Gasteiger partial charge in [0.2, 0.25) is 0 Å². The minimum Gasteiger partial charge on any atom is -0.481 e. The van der Waals surface area contributed by atoms with Crippen molar-refractivity contribution in [1.29, 1.82) is 0 Å². The van der Waals surface area contributed by atoms with Gasteiger partial charge in [0.05, 0.1) is 5.56 Å². The van der Waals surface area contributed by atoms with E-state index in [4.69, 9.17) is 4.74 Å². The maximum atomic E-state index is 13.6. The Bertz CT molecular complexity index is 816. The van der Waals surface area contributed by atoms with Crippen molar-refractivity contribution < 1.29 is 31.5 Å². The van der Waals surface area contributed by atoms with Crippen LogP contribution in [-0.4, -0.2) is 23.5 Å². The second-order valence-corrected chi connectivity index (χ2v) is 6.31. The third-order valence-corrected chi connectivity index (χ3v) is 4.19. The number of benzene rings is 2. The molecule has 144 valence electrons. The smallest absolute Gasteiger partial charge is 0.416 e. The molecule has 0 saturated heterocycles. The molecule has 0 atom stereocenters. The number of halogens is 5. The second kappa shape index (κ2) is 7.54. The first kappa shape index (κ1) is 19.1. The van der Waals surface area contributed by atoms with E-state index in [2.05, 4.69) is 0 Å². The lowest BCUT2D eigenvalue weighted by Gasteiger charge is -2.23. The molecule has 1 aliphatic carbocycles. The van der Waals surface area contributed by atoms with E-state index in [-0.39, 0.29) is 18.3 Å². The average molecular weight is 385 g/mol. The number of hydrogen-bond acceptors (Lipinski definition) is 2. The molecule has 0 unspecified atom stereocenters. The molecular weight excluding hydrogens is 369 g/mol. The summed E-state index contributed by atoms with van der Waals surface area (Å²) in [6, 6.07) is 7.34. The van der Waals surface area contributed by atoms with Crippen LogP contribution in [0, 0.1) is 11.6 Å². The Morgan fingerprint density at radius 1 is 1.07 bits per heavy atom. The maximum absolute atomic E-state index is 13.6. The SMILES string of the molecule is O=C(COc1ccc(F)cc1F)N(Cc1ccc(C(F)(F)F)cc1)C1CC1. The van der Waals surface area contributed by atoms with Gasteiger partial charge in [0.1, 0.15) is 5.82 Å². The van der Waals surface area contributed by atoms with Gasteiger partial charge in [-0.2, -0.15) is 13.2 Å². The zero-order chi connectivity index (χ0) is 19.6. The second-order valence-electron chi connectivity index (χ2n) is 6.31. The number of nitrogens with zero attached hydrogens (tertiary/aromatic N) is 1. The van der Waals surface area contributed by atoms with Crippen LogP contribution in [0.1, 0.15) is 24.0 Å². The van der Waals surface area contributed by atoms with Crippen LogP contribution in [0.15, 0.2) is 42.5 Å². The van der Waals surface area contributed by atoms with Gasteiger partial charge in [0, 0.05) is 18.7 Å². The number of hydrogen-bond donors (Lipinski definition) is 0. The Kier molecular flexibility index (Phi) is 5.34. The number of ether oxygens (including phenoxy) is 1. The molecule has 8 heteroatoms. The minimum atomic E-state index is -4.42. The van der Waals surface area contributed by atoms with Crippen molar-refractivity contribution >= 4 is 5.91 Å². The summed E-state index contributed by atoms with van der Waals surface area (Å²) in [7, 11) is 0. The third kappa shape index (κ3) is 4.96. The summed E-state index contributed by atoms with van der Waals surface area (Å²) in [5, 5.41) is 0. The Morgan fingerprint density at radius 2 is 1.74 bits per heavy atom. The standard InChI is InChI=1S/C19H16F5NO2/c20-14-5-8-17(16(21)9-14)27-11-18(26)25(15-6-7-15)10-12-1-3-13(4-2-12)19(22,23)24/h1-5,8-9,15H,6-7,10-11H2. The number of carbonyl (C=O) groups is 1. The monoisotopic (exact) mass is 385 g/mol. The fraction of sp³-hybridized carbons (Fsp3) is 0.316. The topological polar surface area (TPSA) is 29.5 Å². The summed E-state index contributed by atoms with van der Waals surface area (Å²) in [5.74, 6) is -2.33. The predicted molar refractivity (Wildman–Crippen MR) is 86.9 cm³/mol. The molecule has 0 N–H and O–H groups in total. The fourth-order valence-corrected chi connectivity index (χ4v) is 2.62. The molecule has 0 aliphatic heterocycles. The number of amides is 1. The number of alkyl halides is 3. The van der Waals surface area contributed by atoms with E-state index in [9.17, 15) is 26.7 Å². The van der Waals surface area contributed by atoms with Gasteiger partial charge in [-0.15, -0.1) is 0 Å². The minimum absolute atomic E-state index is 0.0125. The molecule has 2 aromatic rings. The van der Waals surface area contributed by atoms with E-state index in [0.29, 0.717) is 11.6 Å². The van der Waals surface area contributed by atoms with E-state index in [1.54, 1.807) is 0 Å². The largest absolute Gasteiger partial charge is 0.481 e. The van der Waals surface area contributed by atoms with Crippen molar-refractivity contribution in [2.45, 2.75) is 31.6 Å². The first-order valence-corrected chi connectivity index (χ1v) is 8.27. The Hall–Kier alpha value is -2.64. The van der Waals surface area contributed by atoms with Gasteiger partial charge in [-0.25, -0.2) is 8.78 Å². The van der Waals surface area contributed by atoms with Gasteiger partial charge in [0.25, 0.3) is 5.91 Å². The van der Waals surface area contributed by atoms with Crippen LogP contribution >= 0.6 is 0 Å². The molecule has 2 aromatic carbocycles. The lowest BCUT2D eigenvalue weighted by molar-refractivity contribution is -0.138. The highest BCUT2D eigenvalue weighted by Gasteiger charge is 2.33. The van der Waals surface area contributed by atoms with E-state index >= 15 is 0 Å². The molecule has 0 aromatic heterocycles.